The number of guanidine groups is 1. The summed E-state index contributed by atoms with van der Waals surface area (Å²) in [5, 5.41) is 6.92. The molecule has 1 aliphatic heterocycles. The van der Waals surface area contributed by atoms with Gasteiger partial charge in [0.05, 0.1) is 11.4 Å². The summed E-state index contributed by atoms with van der Waals surface area (Å²) in [7, 11) is -6.49. The number of aliphatic imine (C=N–C) groups is 1. The molecule has 1 saturated carbocycles. The van der Waals surface area contributed by atoms with Crippen molar-refractivity contribution in [2.24, 2.45) is 10.4 Å². The molecule has 2 aliphatic rings. The molecular weight excluding hydrogens is 418 g/mol. The molecule has 10 nitrogen and oxygen atoms in total. The average Bonchev–Trinajstić information content (AvgIpc) is 3.19. The third-order valence-electron chi connectivity index (χ3n) is 5.18. The summed E-state index contributed by atoms with van der Waals surface area (Å²) in [6, 6.07) is 1.55. The van der Waals surface area contributed by atoms with E-state index in [1.54, 1.807) is 6.07 Å². The molecule has 1 aromatic rings. The number of sulfone groups is 1. The summed E-state index contributed by atoms with van der Waals surface area (Å²) in [5.41, 5.74) is 0.153. The molecule has 0 amide bonds. The van der Waals surface area contributed by atoms with Gasteiger partial charge < -0.3 is 14.7 Å². The van der Waals surface area contributed by atoms with E-state index in [2.05, 4.69) is 15.5 Å². The quantitative estimate of drug-likeness (QED) is 0.433. The van der Waals surface area contributed by atoms with Crippen LogP contribution in [0.1, 0.15) is 25.5 Å². The van der Waals surface area contributed by atoms with Crippen LogP contribution in [-0.2, 0) is 25.6 Å². The lowest BCUT2D eigenvalue weighted by Crippen LogP contribution is -2.54. The molecule has 1 N–H and O–H groups in total. The number of hydrogen-bond acceptors (Lipinski definition) is 7. The molecule has 0 unspecified atom stereocenters. The van der Waals surface area contributed by atoms with Gasteiger partial charge in [0.25, 0.3) is 0 Å². The molecule has 2 heterocycles. The van der Waals surface area contributed by atoms with Gasteiger partial charge in [0.1, 0.15) is 21.9 Å². The second kappa shape index (κ2) is 8.60. The van der Waals surface area contributed by atoms with Gasteiger partial charge in [-0.3, -0.25) is 4.99 Å². The van der Waals surface area contributed by atoms with Crippen molar-refractivity contribution in [1.82, 2.24) is 19.7 Å². The van der Waals surface area contributed by atoms with E-state index >= 15 is 0 Å². The van der Waals surface area contributed by atoms with E-state index in [0.717, 1.165) is 12.8 Å². The maximum atomic E-state index is 12.6. The Bertz CT molecular complexity index is 915. The summed E-state index contributed by atoms with van der Waals surface area (Å²) in [6.45, 7) is 4.87. The minimum absolute atomic E-state index is 0.164. The molecule has 3 rings (SSSR count). The third kappa shape index (κ3) is 6.16. The molecule has 0 spiro atoms. The highest BCUT2D eigenvalue weighted by molar-refractivity contribution is 7.90. The van der Waals surface area contributed by atoms with Crippen molar-refractivity contribution in [3.63, 3.8) is 0 Å². The number of hydrogen-bond donors (Lipinski definition) is 1. The van der Waals surface area contributed by atoms with Crippen molar-refractivity contribution in [2.45, 2.75) is 25.5 Å². The van der Waals surface area contributed by atoms with Gasteiger partial charge in [-0.15, -0.1) is 0 Å². The first kappa shape index (κ1) is 22.0. The van der Waals surface area contributed by atoms with Crippen LogP contribution in [0.2, 0.25) is 0 Å². The largest absolute Gasteiger partial charge is 0.364 e. The Morgan fingerprint density at radius 2 is 1.93 bits per heavy atom. The van der Waals surface area contributed by atoms with Crippen molar-refractivity contribution < 1.29 is 21.4 Å². The van der Waals surface area contributed by atoms with Crippen LogP contribution in [0.5, 0.6) is 0 Å². The van der Waals surface area contributed by atoms with E-state index in [1.165, 1.54) is 16.8 Å². The Kier molecular flexibility index (Phi) is 6.54. The SMILES string of the molecule is CCNC(=NCC1(CS(C)(=O)=O)CC1)N1CCN(S(=O)(=O)Cc2ccon2)CC1. The first-order valence-electron chi connectivity index (χ1n) is 9.71. The molecule has 2 fully saturated rings. The predicted molar refractivity (Wildman–Crippen MR) is 110 cm³/mol. The number of piperazine rings is 1. The van der Waals surface area contributed by atoms with Crippen molar-refractivity contribution in [3.8, 4) is 0 Å². The highest BCUT2D eigenvalue weighted by Gasteiger charge is 2.45. The molecule has 164 valence electrons. The van der Waals surface area contributed by atoms with Crippen LogP contribution < -0.4 is 5.32 Å². The van der Waals surface area contributed by atoms with Crippen molar-refractivity contribution in [3.05, 3.63) is 18.0 Å². The number of aromatic nitrogens is 1. The molecule has 29 heavy (non-hydrogen) atoms. The van der Waals surface area contributed by atoms with E-state index in [1.807, 2.05) is 11.8 Å². The topological polar surface area (TPSA) is 125 Å². The van der Waals surface area contributed by atoms with Crippen LogP contribution in [0.25, 0.3) is 0 Å². The molecule has 1 aromatic heterocycles. The highest BCUT2D eigenvalue weighted by Crippen LogP contribution is 2.46. The van der Waals surface area contributed by atoms with Crippen molar-refractivity contribution >= 4 is 25.8 Å². The molecule has 0 atom stereocenters. The normalized spacial score (nSPS) is 20.6. The van der Waals surface area contributed by atoms with Crippen molar-refractivity contribution in [1.29, 1.82) is 0 Å². The molecular formula is C17H29N5O5S2. The molecule has 1 saturated heterocycles. The Morgan fingerprint density at radius 3 is 2.45 bits per heavy atom. The minimum Gasteiger partial charge on any atom is -0.364 e. The maximum Gasteiger partial charge on any atom is 0.220 e. The predicted octanol–water partition coefficient (Wildman–Crippen LogP) is -0.0877. The summed E-state index contributed by atoms with van der Waals surface area (Å²) in [6.07, 6.45) is 4.37. The van der Waals surface area contributed by atoms with E-state index in [0.29, 0.717) is 50.9 Å². The van der Waals surface area contributed by atoms with Gasteiger partial charge in [0, 0.05) is 57.0 Å². The standard InChI is InChI=1S/C17H29N5O5S2/c1-3-18-16(19-13-17(5-6-17)14-28(2,23)24)21-7-9-22(10-8-21)29(25,26)12-15-4-11-27-20-15/h4,11H,3,5-10,12-14H2,1-2H3,(H,18,19). The molecule has 0 aromatic carbocycles. The van der Waals surface area contributed by atoms with Crippen LogP contribution >= 0.6 is 0 Å². The summed E-state index contributed by atoms with van der Waals surface area (Å²) >= 11 is 0. The fourth-order valence-electron chi connectivity index (χ4n) is 3.52. The fourth-order valence-corrected chi connectivity index (χ4v) is 6.43. The van der Waals surface area contributed by atoms with Gasteiger partial charge in [0.2, 0.25) is 10.0 Å². The number of nitrogens with zero attached hydrogens (tertiary/aromatic N) is 4. The van der Waals surface area contributed by atoms with Crippen LogP contribution in [0.4, 0.5) is 0 Å². The lowest BCUT2D eigenvalue weighted by Gasteiger charge is -2.36. The number of sulfonamides is 1. The minimum atomic E-state index is -3.46. The zero-order chi connectivity index (χ0) is 21.1. The summed E-state index contributed by atoms with van der Waals surface area (Å²) in [5.74, 6) is 0.698. The van der Waals surface area contributed by atoms with Crippen LogP contribution in [-0.4, -0.2) is 88.4 Å². The number of nitrogens with one attached hydrogen (secondary N) is 1. The smallest absolute Gasteiger partial charge is 0.220 e. The van der Waals surface area contributed by atoms with E-state index in [4.69, 9.17) is 4.52 Å². The number of rotatable bonds is 8. The zero-order valence-corrected chi connectivity index (χ0v) is 18.5. The second-order valence-corrected chi connectivity index (χ2v) is 12.0. The first-order chi connectivity index (χ1) is 13.6. The van der Waals surface area contributed by atoms with Gasteiger partial charge in [0.15, 0.2) is 5.96 Å². The van der Waals surface area contributed by atoms with Crippen molar-refractivity contribution in [2.75, 3.05) is 51.3 Å². The van der Waals surface area contributed by atoms with E-state index < -0.39 is 19.9 Å². The Balaban J connectivity index is 1.59. The van der Waals surface area contributed by atoms with Gasteiger partial charge in [-0.2, -0.15) is 4.31 Å². The van der Waals surface area contributed by atoms with Gasteiger partial charge in [-0.1, -0.05) is 5.16 Å². The molecule has 1 aliphatic carbocycles. The Hall–Kier alpha value is -1.66. The Labute approximate surface area is 172 Å². The molecule has 12 heteroatoms. The fraction of sp³-hybridized carbons (Fsp3) is 0.765. The van der Waals surface area contributed by atoms with Gasteiger partial charge >= 0.3 is 0 Å². The highest BCUT2D eigenvalue weighted by atomic mass is 32.2. The van der Waals surface area contributed by atoms with Crippen LogP contribution in [0.15, 0.2) is 21.8 Å². The summed E-state index contributed by atoms with van der Waals surface area (Å²) in [4.78, 5) is 6.71. The second-order valence-electron chi connectivity index (χ2n) is 7.87. The average molecular weight is 448 g/mol. The zero-order valence-electron chi connectivity index (χ0n) is 16.9. The summed E-state index contributed by atoms with van der Waals surface area (Å²) < 4.78 is 54.6. The van der Waals surface area contributed by atoms with Crippen LogP contribution in [0.3, 0.4) is 0 Å². The molecule has 0 radical (unpaired) electrons. The lowest BCUT2D eigenvalue weighted by molar-refractivity contribution is 0.259. The monoisotopic (exact) mass is 447 g/mol. The third-order valence-corrected chi connectivity index (χ3v) is 8.13. The van der Waals surface area contributed by atoms with E-state index in [9.17, 15) is 16.8 Å². The Morgan fingerprint density at radius 1 is 1.24 bits per heavy atom. The first-order valence-corrected chi connectivity index (χ1v) is 13.4. The van der Waals surface area contributed by atoms with Crippen LogP contribution in [0, 0.1) is 5.41 Å². The lowest BCUT2D eigenvalue weighted by atomic mass is 10.1. The van der Waals surface area contributed by atoms with Gasteiger partial charge in [-0.25, -0.2) is 16.8 Å². The molecule has 0 bridgehead atoms. The van der Waals surface area contributed by atoms with E-state index in [-0.39, 0.29) is 16.9 Å². The maximum absolute atomic E-state index is 12.6. The van der Waals surface area contributed by atoms with Gasteiger partial charge in [-0.05, 0) is 19.8 Å².